The Labute approximate surface area is 72.2 Å². The molecule has 0 amide bonds. The van der Waals surface area contributed by atoms with Crippen molar-refractivity contribution in [1.29, 1.82) is 0 Å². The highest BCUT2D eigenvalue weighted by Crippen LogP contribution is 2.19. The summed E-state index contributed by atoms with van der Waals surface area (Å²) < 4.78 is 4.96. The lowest BCUT2D eigenvalue weighted by Crippen LogP contribution is -2.35. The van der Waals surface area contributed by atoms with E-state index in [2.05, 4.69) is 6.58 Å². The summed E-state index contributed by atoms with van der Waals surface area (Å²) in [5.74, 6) is -0.442. The fourth-order valence-corrected chi connectivity index (χ4v) is 0.427. The first kappa shape index (κ1) is 10.5. The number of carbonyl (C=O) groups excluding carboxylic acids is 1. The Kier molecular flexibility index (Phi) is 3.59. The minimum atomic E-state index is -0.632. The highest BCUT2D eigenvalue weighted by atomic mass is 35.5. The van der Waals surface area contributed by atoms with Gasteiger partial charge in [0.15, 0.2) is 0 Å². The normalized spacial score (nSPS) is 13.8. The standard InChI is InChI=1S/C8H13ClO2/c1-5-7(10)11-8(3,4)6(2)9/h5-6H,1H2,2-4H3. The van der Waals surface area contributed by atoms with Gasteiger partial charge < -0.3 is 4.74 Å². The first-order chi connectivity index (χ1) is 4.90. The number of hydrogen-bond donors (Lipinski definition) is 0. The van der Waals surface area contributed by atoms with Gasteiger partial charge in [-0.05, 0) is 20.8 Å². The molecule has 1 atom stereocenters. The molecule has 0 aliphatic rings. The Bertz CT molecular complexity index is 161. The monoisotopic (exact) mass is 176 g/mol. The molecule has 2 nitrogen and oxygen atoms in total. The molecule has 0 aromatic rings. The molecule has 0 fully saturated rings. The molecule has 0 spiro atoms. The zero-order chi connectivity index (χ0) is 9.07. The van der Waals surface area contributed by atoms with Crippen LogP contribution in [0.1, 0.15) is 20.8 Å². The van der Waals surface area contributed by atoms with E-state index in [0.29, 0.717) is 0 Å². The molecule has 1 unspecified atom stereocenters. The van der Waals surface area contributed by atoms with Gasteiger partial charge in [0.1, 0.15) is 5.60 Å². The van der Waals surface area contributed by atoms with E-state index in [1.165, 1.54) is 0 Å². The van der Waals surface area contributed by atoms with E-state index >= 15 is 0 Å². The van der Waals surface area contributed by atoms with E-state index in [9.17, 15) is 4.79 Å². The molecule has 0 saturated carbocycles. The van der Waals surface area contributed by atoms with Crippen LogP contribution in [0, 0.1) is 0 Å². The second-order valence-electron chi connectivity index (χ2n) is 2.84. The molecule has 0 bridgehead atoms. The number of halogens is 1. The Morgan fingerprint density at radius 1 is 1.73 bits per heavy atom. The summed E-state index contributed by atoms with van der Waals surface area (Å²) in [5.41, 5.74) is -0.632. The van der Waals surface area contributed by atoms with Crippen molar-refractivity contribution >= 4 is 17.6 Å². The molecular formula is C8H13ClO2. The van der Waals surface area contributed by atoms with Gasteiger partial charge in [-0.25, -0.2) is 4.79 Å². The third kappa shape index (κ3) is 3.42. The summed E-state index contributed by atoms with van der Waals surface area (Å²) in [6.07, 6.45) is 1.13. The number of esters is 1. The summed E-state index contributed by atoms with van der Waals surface area (Å²) in [6, 6.07) is 0. The van der Waals surface area contributed by atoms with Gasteiger partial charge in [-0.1, -0.05) is 6.58 Å². The third-order valence-electron chi connectivity index (χ3n) is 1.49. The number of carbonyl (C=O) groups is 1. The topological polar surface area (TPSA) is 26.3 Å². The third-order valence-corrected chi connectivity index (χ3v) is 2.01. The van der Waals surface area contributed by atoms with Crippen LogP contribution in [0.3, 0.4) is 0 Å². The minimum Gasteiger partial charge on any atom is -0.455 e. The number of ether oxygens (including phenoxy) is 1. The largest absolute Gasteiger partial charge is 0.455 e. The second-order valence-corrected chi connectivity index (χ2v) is 3.50. The maximum absolute atomic E-state index is 10.7. The van der Waals surface area contributed by atoms with Crippen molar-refractivity contribution in [3.05, 3.63) is 12.7 Å². The molecule has 0 heterocycles. The van der Waals surface area contributed by atoms with Crippen molar-refractivity contribution in [1.82, 2.24) is 0 Å². The van der Waals surface area contributed by atoms with Crippen LogP contribution < -0.4 is 0 Å². The van der Waals surface area contributed by atoms with Crippen LogP contribution in [0.4, 0.5) is 0 Å². The van der Waals surface area contributed by atoms with Crippen molar-refractivity contribution in [2.75, 3.05) is 0 Å². The fourth-order valence-electron chi connectivity index (χ4n) is 0.382. The second kappa shape index (κ2) is 3.77. The fraction of sp³-hybridized carbons (Fsp3) is 0.625. The van der Waals surface area contributed by atoms with Gasteiger partial charge in [0.05, 0.1) is 5.38 Å². The first-order valence-electron chi connectivity index (χ1n) is 3.39. The molecule has 0 saturated heterocycles. The molecule has 0 aromatic carbocycles. The average Bonchev–Trinajstić information content (AvgIpc) is 1.86. The van der Waals surface area contributed by atoms with Crippen molar-refractivity contribution in [3.63, 3.8) is 0 Å². The van der Waals surface area contributed by atoms with E-state index in [1.807, 2.05) is 0 Å². The van der Waals surface area contributed by atoms with Gasteiger partial charge in [-0.15, -0.1) is 11.6 Å². The van der Waals surface area contributed by atoms with Gasteiger partial charge >= 0.3 is 5.97 Å². The van der Waals surface area contributed by atoms with Gasteiger partial charge in [0.2, 0.25) is 0 Å². The molecule has 0 rings (SSSR count). The van der Waals surface area contributed by atoms with Crippen LogP contribution in [-0.4, -0.2) is 16.9 Å². The summed E-state index contributed by atoms with van der Waals surface area (Å²) in [5, 5.41) is -0.216. The van der Waals surface area contributed by atoms with E-state index < -0.39 is 11.6 Å². The SMILES string of the molecule is C=CC(=O)OC(C)(C)C(C)Cl. The van der Waals surface area contributed by atoms with E-state index in [1.54, 1.807) is 20.8 Å². The molecule has 11 heavy (non-hydrogen) atoms. The predicted octanol–water partition coefficient (Wildman–Crippen LogP) is 2.12. The van der Waals surface area contributed by atoms with Crippen LogP contribution >= 0.6 is 11.6 Å². The van der Waals surface area contributed by atoms with Gasteiger partial charge in [-0.3, -0.25) is 0 Å². The van der Waals surface area contributed by atoms with Crippen LogP contribution in [-0.2, 0) is 9.53 Å². The molecule has 0 aliphatic heterocycles. The zero-order valence-electron chi connectivity index (χ0n) is 7.06. The quantitative estimate of drug-likeness (QED) is 0.374. The summed E-state index contributed by atoms with van der Waals surface area (Å²) in [4.78, 5) is 10.7. The molecule has 0 aromatic heterocycles. The number of rotatable bonds is 3. The molecule has 0 aliphatic carbocycles. The molecule has 3 heteroatoms. The Balaban J connectivity index is 4.11. The van der Waals surface area contributed by atoms with Crippen molar-refractivity contribution in [2.24, 2.45) is 0 Å². The molecule has 0 N–H and O–H groups in total. The van der Waals surface area contributed by atoms with Gasteiger partial charge in [0, 0.05) is 6.08 Å². The van der Waals surface area contributed by atoms with Crippen molar-refractivity contribution in [3.8, 4) is 0 Å². The average molecular weight is 177 g/mol. The molecule has 64 valence electrons. The number of hydrogen-bond acceptors (Lipinski definition) is 2. The zero-order valence-corrected chi connectivity index (χ0v) is 7.81. The lowest BCUT2D eigenvalue weighted by molar-refractivity contribution is -0.149. The van der Waals surface area contributed by atoms with Crippen molar-refractivity contribution < 1.29 is 9.53 Å². The number of alkyl halides is 1. The minimum absolute atomic E-state index is 0.216. The lowest BCUT2D eigenvalue weighted by atomic mass is 10.1. The summed E-state index contributed by atoms with van der Waals surface area (Å²) in [6.45, 7) is 8.57. The lowest BCUT2D eigenvalue weighted by Gasteiger charge is -2.26. The van der Waals surface area contributed by atoms with E-state index in [-0.39, 0.29) is 5.38 Å². The smallest absolute Gasteiger partial charge is 0.330 e. The Morgan fingerprint density at radius 3 is 2.45 bits per heavy atom. The maximum atomic E-state index is 10.7. The van der Waals surface area contributed by atoms with Crippen molar-refractivity contribution in [2.45, 2.75) is 31.7 Å². The predicted molar refractivity (Wildman–Crippen MR) is 45.7 cm³/mol. The van der Waals surface area contributed by atoms with Crippen LogP contribution in [0.15, 0.2) is 12.7 Å². The Hall–Kier alpha value is -0.500. The first-order valence-corrected chi connectivity index (χ1v) is 3.83. The maximum Gasteiger partial charge on any atom is 0.330 e. The van der Waals surface area contributed by atoms with Gasteiger partial charge in [0.25, 0.3) is 0 Å². The summed E-state index contributed by atoms with van der Waals surface area (Å²) >= 11 is 5.76. The van der Waals surface area contributed by atoms with E-state index in [4.69, 9.17) is 16.3 Å². The highest BCUT2D eigenvalue weighted by Gasteiger charge is 2.27. The van der Waals surface area contributed by atoms with Crippen LogP contribution in [0.5, 0.6) is 0 Å². The molecular weight excluding hydrogens is 164 g/mol. The van der Waals surface area contributed by atoms with Gasteiger partial charge in [-0.2, -0.15) is 0 Å². The molecule has 0 radical (unpaired) electrons. The Morgan fingerprint density at radius 2 is 2.18 bits per heavy atom. The summed E-state index contributed by atoms with van der Waals surface area (Å²) in [7, 11) is 0. The van der Waals surface area contributed by atoms with Crippen LogP contribution in [0.25, 0.3) is 0 Å². The highest BCUT2D eigenvalue weighted by molar-refractivity contribution is 6.21. The van der Waals surface area contributed by atoms with Crippen LogP contribution in [0.2, 0.25) is 0 Å². The van der Waals surface area contributed by atoms with E-state index in [0.717, 1.165) is 6.08 Å².